The molecule has 0 aromatic heterocycles. The molecule has 0 aliphatic rings. The second-order valence-corrected chi connectivity index (χ2v) is 11.8. The van der Waals surface area contributed by atoms with Gasteiger partial charge in [-0.1, -0.05) is 123 Å². The van der Waals surface area contributed by atoms with Crippen LogP contribution >= 0.6 is 0 Å². The molecule has 26 heavy (non-hydrogen) atoms. The average molecular weight is 387 g/mol. The van der Waals surface area contributed by atoms with Crippen LogP contribution in [0.3, 0.4) is 0 Å². The first-order valence-corrected chi connectivity index (χ1v) is 14.1. The van der Waals surface area contributed by atoms with Gasteiger partial charge in [-0.3, -0.25) is 0 Å². The molecule has 0 unspecified atom stereocenters. The summed E-state index contributed by atoms with van der Waals surface area (Å²) >= 11 is 0. The minimum absolute atomic E-state index is 1.14. The Labute approximate surface area is 167 Å². The van der Waals surface area contributed by atoms with Gasteiger partial charge in [-0.05, 0) is 12.1 Å². The molecule has 0 radical (unpaired) electrons. The standard InChI is InChI=1S/C23H50O2Si/c1-5-7-8-9-10-11-12-13-14-15-16-17-18-19-20-21-23-26(24-3,25-4)22-6-2/h5-23H2,1-4H3. The summed E-state index contributed by atoms with van der Waals surface area (Å²) in [4.78, 5) is 0. The van der Waals surface area contributed by atoms with Gasteiger partial charge in [0, 0.05) is 14.2 Å². The lowest BCUT2D eigenvalue weighted by Crippen LogP contribution is -2.39. The van der Waals surface area contributed by atoms with Gasteiger partial charge in [0.15, 0.2) is 0 Å². The van der Waals surface area contributed by atoms with Crippen LogP contribution in [0, 0.1) is 0 Å². The Bertz CT molecular complexity index is 267. The summed E-state index contributed by atoms with van der Waals surface area (Å²) in [6, 6.07) is 2.31. The average Bonchev–Trinajstić information content (AvgIpc) is 2.66. The Hall–Kier alpha value is 0.137. The molecule has 2 nitrogen and oxygen atoms in total. The first-order chi connectivity index (χ1) is 12.7. The van der Waals surface area contributed by atoms with E-state index in [0.29, 0.717) is 0 Å². The quantitative estimate of drug-likeness (QED) is 0.146. The maximum atomic E-state index is 5.77. The van der Waals surface area contributed by atoms with Crippen molar-refractivity contribution in [2.24, 2.45) is 0 Å². The Morgan fingerprint density at radius 2 is 0.769 bits per heavy atom. The van der Waals surface area contributed by atoms with Gasteiger partial charge in [0.25, 0.3) is 0 Å². The van der Waals surface area contributed by atoms with Crippen LogP contribution in [0.1, 0.15) is 123 Å². The Kier molecular flexibility index (Phi) is 20.0. The van der Waals surface area contributed by atoms with Crippen LogP contribution in [0.4, 0.5) is 0 Å². The van der Waals surface area contributed by atoms with E-state index in [1.54, 1.807) is 0 Å². The van der Waals surface area contributed by atoms with E-state index in [0.717, 1.165) is 6.04 Å². The van der Waals surface area contributed by atoms with Crippen LogP contribution < -0.4 is 0 Å². The molecule has 3 heteroatoms. The zero-order chi connectivity index (χ0) is 19.3. The molecule has 0 aliphatic heterocycles. The molecule has 0 heterocycles. The van der Waals surface area contributed by atoms with Crippen molar-refractivity contribution in [3.05, 3.63) is 0 Å². The highest BCUT2D eigenvalue weighted by atomic mass is 28.4. The molecular weight excluding hydrogens is 336 g/mol. The number of unbranched alkanes of at least 4 members (excludes halogenated alkanes) is 15. The predicted molar refractivity (Wildman–Crippen MR) is 119 cm³/mol. The number of hydrogen-bond donors (Lipinski definition) is 0. The summed E-state index contributed by atoms with van der Waals surface area (Å²) in [6.45, 7) is 4.52. The highest BCUT2D eigenvalue weighted by Crippen LogP contribution is 2.23. The monoisotopic (exact) mass is 386 g/mol. The van der Waals surface area contributed by atoms with Crippen LogP contribution in [0.15, 0.2) is 0 Å². The molecule has 0 spiro atoms. The molecule has 0 aromatic carbocycles. The SMILES string of the molecule is CCCCCCCCCCCCCCCCCC[Si](CCC)(OC)OC. The predicted octanol–water partition coefficient (Wildman–Crippen LogP) is 8.39. The lowest BCUT2D eigenvalue weighted by molar-refractivity contribution is 0.239. The summed E-state index contributed by atoms with van der Waals surface area (Å²) < 4.78 is 11.5. The van der Waals surface area contributed by atoms with Crippen molar-refractivity contribution in [3.63, 3.8) is 0 Å². The van der Waals surface area contributed by atoms with Crippen LogP contribution in [-0.4, -0.2) is 22.8 Å². The fraction of sp³-hybridized carbons (Fsp3) is 1.00. The zero-order valence-corrected chi connectivity index (χ0v) is 19.8. The van der Waals surface area contributed by atoms with Gasteiger partial charge in [0.2, 0.25) is 0 Å². The second kappa shape index (κ2) is 19.9. The first kappa shape index (κ1) is 26.1. The van der Waals surface area contributed by atoms with E-state index < -0.39 is 8.56 Å². The Balaban J connectivity index is 3.29. The second-order valence-electron chi connectivity index (χ2n) is 8.12. The van der Waals surface area contributed by atoms with E-state index in [2.05, 4.69) is 13.8 Å². The molecule has 0 saturated carbocycles. The van der Waals surface area contributed by atoms with Crippen LogP contribution in [0.25, 0.3) is 0 Å². The van der Waals surface area contributed by atoms with Crippen LogP contribution in [-0.2, 0) is 8.85 Å². The highest BCUT2D eigenvalue weighted by Gasteiger charge is 2.33. The van der Waals surface area contributed by atoms with Crippen LogP contribution in [0.2, 0.25) is 12.1 Å². The molecule has 0 fully saturated rings. The minimum Gasteiger partial charge on any atom is -0.398 e. The van der Waals surface area contributed by atoms with Gasteiger partial charge < -0.3 is 8.85 Å². The first-order valence-electron chi connectivity index (χ1n) is 11.8. The Morgan fingerprint density at radius 1 is 0.423 bits per heavy atom. The maximum absolute atomic E-state index is 5.77. The third-order valence-corrected chi connectivity index (χ3v) is 9.65. The van der Waals surface area contributed by atoms with Crippen molar-refractivity contribution in [3.8, 4) is 0 Å². The van der Waals surface area contributed by atoms with E-state index in [-0.39, 0.29) is 0 Å². The van der Waals surface area contributed by atoms with E-state index >= 15 is 0 Å². The van der Waals surface area contributed by atoms with E-state index in [4.69, 9.17) is 8.85 Å². The van der Waals surface area contributed by atoms with E-state index in [1.165, 1.54) is 115 Å². The third-order valence-electron chi connectivity index (χ3n) is 5.79. The maximum Gasteiger partial charge on any atom is 0.337 e. The van der Waals surface area contributed by atoms with E-state index in [9.17, 15) is 0 Å². The van der Waals surface area contributed by atoms with Crippen molar-refractivity contribution in [1.29, 1.82) is 0 Å². The lowest BCUT2D eigenvalue weighted by Gasteiger charge is -2.27. The fourth-order valence-electron chi connectivity index (χ4n) is 3.94. The third kappa shape index (κ3) is 15.2. The summed E-state index contributed by atoms with van der Waals surface area (Å²) in [5.41, 5.74) is 0. The molecule has 0 bridgehead atoms. The Morgan fingerprint density at radius 3 is 1.08 bits per heavy atom. The smallest absolute Gasteiger partial charge is 0.337 e. The largest absolute Gasteiger partial charge is 0.398 e. The number of rotatable bonds is 21. The topological polar surface area (TPSA) is 18.5 Å². The van der Waals surface area contributed by atoms with Crippen LogP contribution in [0.5, 0.6) is 0 Å². The molecule has 158 valence electrons. The van der Waals surface area contributed by atoms with Gasteiger partial charge in [-0.2, -0.15) is 0 Å². The van der Waals surface area contributed by atoms with Crippen molar-refractivity contribution in [1.82, 2.24) is 0 Å². The molecule has 0 rings (SSSR count). The van der Waals surface area contributed by atoms with Gasteiger partial charge in [-0.25, -0.2) is 0 Å². The molecule has 0 aromatic rings. The fourth-order valence-corrected chi connectivity index (χ4v) is 6.72. The minimum atomic E-state index is -1.85. The lowest BCUT2D eigenvalue weighted by atomic mass is 10.0. The van der Waals surface area contributed by atoms with Gasteiger partial charge in [0.1, 0.15) is 0 Å². The number of hydrogen-bond acceptors (Lipinski definition) is 2. The molecule has 0 amide bonds. The van der Waals surface area contributed by atoms with Crippen molar-refractivity contribution in [2.75, 3.05) is 14.2 Å². The molecule has 0 N–H and O–H groups in total. The highest BCUT2D eigenvalue weighted by molar-refractivity contribution is 6.67. The normalized spacial score (nSPS) is 12.0. The molecule has 0 atom stereocenters. The van der Waals surface area contributed by atoms with Gasteiger partial charge >= 0.3 is 8.56 Å². The molecule has 0 saturated heterocycles. The van der Waals surface area contributed by atoms with Gasteiger partial charge in [0.05, 0.1) is 0 Å². The van der Waals surface area contributed by atoms with Crippen molar-refractivity contribution >= 4 is 8.56 Å². The molecular formula is C23H50O2Si. The van der Waals surface area contributed by atoms with E-state index in [1.807, 2.05) is 14.2 Å². The summed E-state index contributed by atoms with van der Waals surface area (Å²) in [6.07, 6.45) is 24.0. The van der Waals surface area contributed by atoms with Crippen molar-refractivity contribution in [2.45, 2.75) is 135 Å². The summed E-state index contributed by atoms with van der Waals surface area (Å²) in [7, 11) is 1.84. The summed E-state index contributed by atoms with van der Waals surface area (Å²) in [5, 5.41) is 0. The zero-order valence-electron chi connectivity index (χ0n) is 18.8. The van der Waals surface area contributed by atoms with Gasteiger partial charge in [-0.15, -0.1) is 0 Å². The van der Waals surface area contributed by atoms with Crippen molar-refractivity contribution < 1.29 is 8.85 Å². The molecule has 0 aliphatic carbocycles. The summed E-state index contributed by atoms with van der Waals surface area (Å²) in [5.74, 6) is 0.